The van der Waals surface area contributed by atoms with E-state index in [-0.39, 0.29) is 17.7 Å². The van der Waals surface area contributed by atoms with Crippen LogP contribution in [0.3, 0.4) is 0 Å². The molecule has 0 aromatic carbocycles. The maximum Gasteiger partial charge on any atom is 0.228 e. The predicted molar refractivity (Wildman–Crippen MR) is 76.4 cm³/mol. The summed E-state index contributed by atoms with van der Waals surface area (Å²) in [6.45, 7) is 2.13. The van der Waals surface area contributed by atoms with Crippen molar-refractivity contribution in [3.8, 4) is 0 Å². The summed E-state index contributed by atoms with van der Waals surface area (Å²) >= 11 is 1.66. The van der Waals surface area contributed by atoms with Crippen molar-refractivity contribution in [2.45, 2.75) is 25.2 Å². The van der Waals surface area contributed by atoms with Gasteiger partial charge in [-0.1, -0.05) is 0 Å². The fourth-order valence-corrected chi connectivity index (χ4v) is 3.87. The first-order valence-electron chi connectivity index (χ1n) is 7.07. The van der Waals surface area contributed by atoms with Gasteiger partial charge in [0.25, 0.3) is 0 Å². The van der Waals surface area contributed by atoms with Gasteiger partial charge in [0.05, 0.1) is 10.9 Å². The molecule has 0 aliphatic carbocycles. The number of thiazole rings is 1. The first kappa shape index (κ1) is 13.5. The highest BCUT2D eigenvalue weighted by molar-refractivity contribution is 7.09. The standard InChI is InChI=1S/C14H19N3O2S/c1-16-8-11(7-12(16)18)14(19)17-5-2-3-10(9-17)13-15-4-6-20-13/h4,6,10-11H,2-3,5,7-9H2,1H3/t10-,11-/m1/s1. The molecule has 2 amide bonds. The third kappa shape index (κ3) is 2.57. The molecule has 0 radical (unpaired) electrons. The van der Waals surface area contributed by atoms with Gasteiger partial charge in [-0.25, -0.2) is 4.98 Å². The minimum absolute atomic E-state index is 0.0804. The lowest BCUT2D eigenvalue weighted by Gasteiger charge is -2.33. The number of hydrogen-bond acceptors (Lipinski definition) is 4. The number of piperidine rings is 1. The van der Waals surface area contributed by atoms with Crippen LogP contribution in [0.15, 0.2) is 11.6 Å². The van der Waals surface area contributed by atoms with Crippen molar-refractivity contribution in [1.29, 1.82) is 0 Å². The topological polar surface area (TPSA) is 53.5 Å². The Balaban J connectivity index is 1.65. The molecular weight excluding hydrogens is 274 g/mol. The molecule has 2 aliphatic rings. The number of hydrogen-bond donors (Lipinski definition) is 0. The van der Waals surface area contributed by atoms with Crippen LogP contribution in [0, 0.1) is 5.92 Å². The van der Waals surface area contributed by atoms with Crippen LogP contribution in [-0.4, -0.2) is 53.3 Å². The highest BCUT2D eigenvalue weighted by atomic mass is 32.1. The minimum atomic E-state index is -0.150. The van der Waals surface area contributed by atoms with E-state index < -0.39 is 0 Å². The van der Waals surface area contributed by atoms with Gasteiger partial charge in [0.15, 0.2) is 0 Å². The van der Waals surface area contributed by atoms with Crippen molar-refractivity contribution in [2.24, 2.45) is 5.92 Å². The number of carbonyl (C=O) groups excluding carboxylic acids is 2. The molecule has 5 nitrogen and oxygen atoms in total. The molecule has 3 heterocycles. The van der Waals surface area contributed by atoms with Crippen LogP contribution in [0.1, 0.15) is 30.2 Å². The van der Waals surface area contributed by atoms with Crippen molar-refractivity contribution >= 4 is 23.2 Å². The molecule has 2 aliphatic heterocycles. The van der Waals surface area contributed by atoms with E-state index in [1.165, 1.54) is 0 Å². The van der Waals surface area contributed by atoms with Crippen molar-refractivity contribution in [3.63, 3.8) is 0 Å². The minimum Gasteiger partial charge on any atom is -0.345 e. The van der Waals surface area contributed by atoms with E-state index in [9.17, 15) is 9.59 Å². The average Bonchev–Trinajstić information content (AvgIpc) is 3.09. The molecule has 1 aromatic rings. The molecule has 0 unspecified atom stereocenters. The third-order valence-electron chi connectivity index (χ3n) is 4.22. The summed E-state index contributed by atoms with van der Waals surface area (Å²) in [6, 6.07) is 0. The van der Waals surface area contributed by atoms with E-state index in [0.29, 0.717) is 18.9 Å². The third-order valence-corrected chi connectivity index (χ3v) is 5.16. The second-order valence-electron chi connectivity index (χ2n) is 5.67. The maximum atomic E-state index is 12.5. The van der Waals surface area contributed by atoms with Crippen LogP contribution >= 0.6 is 11.3 Å². The number of carbonyl (C=O) groups is 2. The summed E-state index contributed by atoms with van der Waals surface area (Å²) in [5.74, 6) is 0.436. The monoisotopic (exact) mass is 293 g/mol. The summed E-state index contributed by atoms with van der Waals surface area (Å²) in [7, 11) is 1.77. The Bertz CT molecular complexity index is 503. The van der Waals surface area contributed by atoms with Gasteiger partial charge in [-0.15, -0.1) is 11.3 Å². The van der Waals surface area contributed by atoms with Crippen LogP contribution in [0.25, 0.3) is 0 Å². The zero-order valence-electron chi connectivity index (χ0n) is 11.6. The summed E-state index contributed by atoms with van der Waals surface area (Å²) in [5.41, 5.74) is 0. The van der Waals surface area contributed by atoms with E-state index in [2.05, 4.69) is 4.98 Å². The van der Waals surface area contributed by atoms with Crippen molar-refractivity contribution in [1.82, 2.24) is 14.8 Å². The van der Waals surface area contributed by atoms with Crippen LogP contribution < -0.4 is 0 Å². The highest BCUT2D eigenvalue weighted by Crippen LogP contribution is 2.30. The predicted octanol–water partition coefficient (Wildman–Crippen LogP) is 1.33. The molecule has 3 rings (SSSR count). The molecule has 2 atom stereocenters. The highest BCUT2D eigenvalue weighted by Gasteiger charge is 2.36. The number of likely N-dealkylation sites (tertiary alicyclic amines) is 2. The Kier molecular flexibility index (Phi) is 3.74. The lowest BCUT2D eigenvalue weighted by Crippen LogP contribution is -2.42. The summed E-state index contributed by atoms with van der Waals surface area (Å²) in [4.78, 5) is 32.1. The van der Waals surface area contributed by atoms with Gasteiger partial charge in [0.2, 0.25) is 11.8 Å². The molecule has 1 aromatic heterocycles. The quantitative estimate of drug-likeness (QED) is 0.826. The van der Waals surface area contributed by atoms with Crippen molar-refractivity contribution in [2.75, 3.05) is 26.7 Å². The number of amides is 2. The molecule has 20 heavy (non-hydrogen) atoms. The Morgan fingerprint density at radius 1 is 1.45 bits per heavy atom. The molecule has 2 saturated heterocycles. The Labute approximate surface area is 122 Å². The molecule has 108 valence electrons. The molecule has 6 heteroatoms. The number of nitrogens with zero attached hydrogens (tertiary/aromatic N) is 3. The first-order chi connectivity index (χ1) is 9.65. The Morgan fingerprint density at radius 3 is 2.95 bits per heavy atom. The summed E-state index contributed by atoms with van der Waals surface area (Å²) in [6.07, 6.45) is 4.31. The number of aromatic nitrogens is 1. The largest absolute Gasteiger partial charge is 0.345 e. The lowest BCUT2D eigenvalue weighted by atomic mass is 9.96. The zero-order chi connectivity index (χ0) is 14.1. The van der Waals surface area contributed by atoms with Gasteiger partial charge in [0.1, 0.15) is 0 Å². The van der Waals surface area contributed by atoms with Gasteiger partial charge in [0, 0.05) is 50.6 Å². The van der Waals surface area contributed by atoms with Gasteiger partial charge < -0.3 is 9.80 Å². The smallest absolute Gasteiger partial charge is 0.228 e. The van der Waals surface area contributed by atoms with E-state index in [1.807, 2.05) is 16.5 Å². The molecule has 2 fully saturated rings. The van der Waals surface area contributed by atoms with Gasteiger partial charge in [-0.3, -0.25) is 9.59 Å². The van der Waals surface area contributed by atoms with Crippen LogP contribution in [-0.2, 0) is 9.59 Å². The second kappa shape index (κ2) is 5.52. The zero-order valence-corrected chi connectivity index (χ0v) is 12.4. The second-order valence-corrected chi connectivity index (χ2v) is 6.60. The van der Waals surface area contributed by atoms with Gasteiger partial charge in [-0.05, 0) is 12.8 Å². The van der Waals surface area contributed by atoms with E-state index in [0.717, 1.165) is 30.9 Å². The first-order valence-corrected chi connectivity index (χ1v) is 7.95. The van der Waals surface area contributed by atoms with E-state index >= 15 is 0 Å². The Morgan fingerprint density at radius 2 is 2.30 bits per heavy atom. The maximum absolute atomic E-state index is 12.5. The molecule has 0 bridgehead atoms. The molecule has 0 saturated carbocycles. The van der Waals surface area contributed by atoms with E-state index in [4.69, 9.17) is 0 Å². The SMILES string of the molecule is CN1C[C@H](C(=O)N2CCC[C@@H](c3nccs3)C2)CC1=O. The average molecular weight is 293 g/mol. The van der Waals surface area contributed by atoms with Crippen molar-refractivity contribution in [3.05, 3.63) is 16.6 Å². The molecular formula is C14H19N3O2S. The van der Waals surface area contributed by atoms with E-state index in [1.54, 1.807) is 23.3 Å². The molecule has 0 spiro atoms. The van der Waals surface area contributed by atoms with Gasteiger partial charge >= 0.3 is 0 Å². The summed E-state index contributed by atoms with van der Waals surface area (Å²) in [5, 5.41) is 3.11. The molecule has 0 N–H and O–H groups in total. The van der Waals surface area contributed by atoms with Crippen molar-refractivity contribution < 1.29 is 9.59 Å². The van der Waals surface area contributed by atoms with Crippen LogP contribution in [0.2, 0.25) is 0 Å². The number of rotatable bonds is 2. The summed E-state index contributed by atoms with van der Waals surface area (Å²) < 4.78 is 0. The van der Waals surface area contributed by atoms with Gasteiger partial charge in [-0.2, -0.15) is 0 Å². The van der Waals surface area contributed by atoms with Crippen LogP contribution in [0.4, 0.5) is 0 Å². The fourth-order valence-electron chi connectivity index (χ4n) is 3.10. The normalized spacial score (nSPS) is 27.1. The fraction of sp³-hybridized carbons (Fsp3) is 0.643. The lowest BCUT2D eigenvalue weighted by molar-refractivity contribution is -0.137. The van der Waals surface area contributed by atoms with Crippen LogP contribution in [0.5, 0.6) is 0 Å². The Hall–Kier alpha value is -1.43.